The minimum absolute atomic E-state index is 0.0414. The van der Waals surface area contributed by atoms with Crippen LogP contribution in [-0.2, 0) is 21.1 Å². The van der Waals surface area contributed by atoms with Crippen molar-refractivity contribution < 1.29 is 22.7 Å². The van der Waals surface area contributed by atoms with E-state index in [0.29, 0.717) is 6.20 Å². The van der Waals surface area contributed by atoms with Gasteiger partial charge in [0, 0.05) is 19.7 Å². The van der Waals surface area contributed by atoms with E-state index in [9.17, 15) is 18.0 Å². The standard InChI is InChI=1S/C14H10B3ClF3N5O2S/c1-22-7-5(13(19,20)21)4-23-11(25-7)26-8-6(18)24-9(29-8)12(14(15,16)17)2-3-28-10(12)27/h4H,2-3H2,1H3,(H2,22,23,25,26). The molecule has 0 amide bonds. The summed E-state index contributed by atoms with van der Waals surface area (Å²) in [7, 11) is 18.8. The van der Waals surface area contributed by atoms with Gasteiger partial charge in [0.05, 0.1) is 30.1 Å². The zero-order valence-electron chi connectivity index (χ0n) is 14.8. The summed E-state index contributed by atoms with van der Waals surface area (Å²) < 4.78 is 43.9. The lowest BCUT2D eigenvalue weighted by Gasteiger charge is -2.37. The van der Waals surface area contributed by atoms with Gasteiger partial charge in [-0.15, -0.1) is 5.11 Å². The molecule has 1 unspecified atom stereocenters. The van der Waals surface area contributed by atoms with Gasteiger partial charge in [-0.1, -0.05) is 22.9 Å². The second-order valence-electron chi connectivity index (χ2n) is 6.19. The number of hydrogen-bond donors (Lipinski definition) is 2. The van der Waals surface area contributed by atoms with Crippen LogP contribution in [-0.4, -0.2) is 58.1 Å². The third-order valence-electron chi connectivity index (χ3n) is 4.31. The van der Waals surface area contributed by atoms with E-state index in [1.165, 1.54) is 7.05 Å². The Labute approximate surface area is 176 Å². The number of carbonyl (C=O) groups excluding carboxylic acids is 1. The number of halogens is 4. The molecule has 1 atom stereocenters. The molecule has 0 aliphatic carbocycles. The molecule has 6 radical (unpaired) electrons. The van der Waals surface area contributed by atoms with Crippen LogP contribution in [0.5, 0.6) is 0 Å². The number of nitrogens with one attached hydrogen (secondary N) is 2. The summed E-state index contributed by atoms with van der Waals surface area (Å²) in [4.78, 5) is 23.9. The summed E-state index contributed by atoms with van der Waals surface area (Å²) in [6, 6.07) is 0. The Morgan fingerprint density at radius 2 is 2.00 bits per heavy atom. The van der Waals surface area contributed by atoms with Crippen molar-refractivity contribution in [1.82, 2.24) is 15.0 Å². The van der Waals surface area contributed by atoms with E-state index in [2.05, 4.69) is 25.6 Å². The van der Waals surface area contributed by atoms with E-state index in [-0.39, 0.29) is 34.1 Å². The van der Waals surface area contributed by atoms with E-state index >= 15 is 0 Å². The zero-order chi connectivity index (χ0) is 21.6. The van der Waals surface area contributed by atoms with Crippen LogP contribution in [0.2, 0.25) is 10.3 Å². The third-order valence-corrected chi connectivity index (χ3v) is 5.82. The maximum atomic E-state index is 13.0. The zero-order valence-corrected chi connectivity index (χ0v) is 16.4. The van der Waals surface area contributed by atoms with Gasteiger partial charge in [0.2, 0.25) is 5.95 Å². The van der Waals surface area contributed by atoms with Crippen LogP contribution in [0.25, 0.3) is 0 Å². The van der Waals surface area contributed by atoms with Crippen molar-refractivity contribution in [3.05, 3.63) is 21.9 Å². The maximum absolute atomic E-state index is 13.0. The summed E-state index contributed by atoms with van der Waals surface area (Å²) in [5, 5.41) is 3.21. The molecule has 0 saturated carbocycles. The molecule has 1 saturated heterocycles. The second kappa shape index (κ2) is 7.39. The summed E-state index contributed by atoms with van der Waals surface area (Å²) in [5.74, 6) is -1.36. The molecule has 2 aromatic heterocycles. The summed E-state index contributed by atoms with van der Waals surface area (Å²) in [6.45, 7) is 0.0414. The molecule has 15 heteroatoms. The smallest absolute Gasteiger partial charge is 0.421 e. The molecule has 3 heterocycles. The number of aromatic nitrogens is 3. The van der Waals surface area contributed by atoms with Crippen LogP contribution >= 0.6 is 22.9 Å². The van der Waals surface area contributed by atoms with Crippen LogP contribution < -0.4 is 10.6 Å². The molecule has 3 rings (SSSR count). The average Bonchev–Trinajstić information content (AvgIpc) is 3.17. The number of esters is 1. The van der Waals surface area contributed by atoms with Crippen molar-refractivity contribution in [3.63, 3.8) is 0 Å². The van der Waals surface area contributed by atoms with Gasteiger partial charge < -0.3 is 15.4 Å². The van der Waals surface area contributed by atoms with Gasteiger partial charge in [-0.25, -0.2) is 9.97 Å². The highest BCUT2D eigenvalue weighted by molar-refractivity contribution is 7.16. The Kier molecular flexibility index (Phi) is 5.54. The quantitative estimate of drug-likeness (QED) is 0.548. The molecule has 29 heavy (non-hydrogen) atoms. The van der Waals surface area contributed by atoms with Crippen molar-refractivity contribution in [2.75, 3.05) is 24.3 Å². The number of alkyl halides is 3. The molecule has 2 N–H and O–H groups in total. The topological polar surface area (TPSA) is 89.0 Å². The molecule has 1 fully saturated rings. The Hall–Kier alpha value is -1.95. The Morgan fingerprint density at radius 3 is 2.52 bits per heavy atom. The second-order valence-corrected chi connectivity index (χ2v) is 7.55. The van der Waals surface area contributed by atoms with Crippen LogP contribution in [0.3, 0.4) is 0 Å². The lowest BCUT2D eigenvalue weighted by atomic mass is 9.32. The molecule has 146 valence electrons. The molecular formula is C14H10B3ClF3N5O2S. The summed E-state index contributed by atoms with van der Waals surface area (Å²) in [6.07, 6.45) is -3.93. The molecular weight excluding hydrogens is 427 g/mol. The SMILES string of the molecule is [B]C([B])([B])C1(c2nc(Cl)c(Nc3ncc(C(F)(F)F)c(NC)n3)s2)CCOC1=O. The third kappa shape index (κ3) is 3.79. The number of ether oxygens (including phenoxy) is 1. The minimum Gasteiger partial charge on any atom is -0.465 e. The van der Waals surface area contributed by atoms with Crippen molar-refractivity contribution in [2.24, 2.45) is 0 Å². The van der Waals surface area contributed by atoms with Gasteiger partial charge in [0.25, 0.3) is 0 Å². The van der Waals surface area contributed by atoms with Crippen LogP contribution in [0, 0.1) is 0 Å². The number of rotatable bonds is 5. The highest BCUT2D eigenvalue weighted by atomic mass is 35.5. The number of thiazole rings is 1. The van der Waals surface area contributed by atoms with Gasteiger partial charge in [-0.05, 0) is 0 Å². The van der Waals surface area contributed by atoms with Crippen molar-refractivity contribution in [3.8, 4) is 0 Å². The predicted octanol–water partition coefficient (Wildman–Crippen LogP) is 2.15. The number of hydrogen-bond acceptors (Lipinski definition) is 8. The van der Waals surface area contributed by atoms with Crippen molar-refractivity contribution >= 4 is 69.2 Å². The molecule has 0 bridgehead atoms. The van der Waals surface area contributed by atoms with Gasteiger partial charge in [-0.2, -0.15) is 18.2 Å². The van der Waals surface area contributed by atoms with Gasteiger partial charge in [-0.3, -0.25) is 4.79 Å². The average molecular weight is 437 g/mol. The van der Waals surface area contributed by atoms with Crippen molar-refractivity contribution in [1.29, 1.82) is 0 Å². The molecule has 2 aromatic rings. The molecule has 0 aromatic carbocycles. The molecule has 0 spiro atoms. The minimum atomic E-state index is -4.63. The first-order valence-electron chi connectivity index (χ1n) is 8.00. The maximum Gasteiger partial charge on any atom is 0.421 e. The molecule has 1 aliphatic heterocycles. The van der Waals surface area contributed by atoms with E-state index in [0.717, 1.165) is 11.3 Å². The summed E-state index contributed by atoms with van der Waals surface area (Å²) >= 11 is 7.01. The molecule has 1 aliphatic rings. The highest BCUT2D eigenvalue weighted by Gasteiger charge is 2.55. The molecule has 7 nitrogen and oxygen atoms in total. The van der Waals surface area contributed by atoms with E-state index < -0.39 is 34.1 Å². The predicted molar refractivity (Wildman–Crippen MR) is 104 cm³/mol. The fourth-order valence-electron chi connectivity index (χ4n) is 2.80. The number of nitrogens with zero attached hydrogens (tertiary/aromatic N) is 3. The normalized spacial score (nSPS) is 19.8. The van der Waals surface area contributed by atoms with Crippen LogP contribution in [0.1, 0.15) is 17.0 Å². The fourth-order valence-corrected chi connectivity index (χ4v) is 4.23. The monoisotopic (exact) mass is 437 g/mol. The van der Waals surface area contributed by atoms with Gasteiger partial charge in [0.1, 0.15) is 26.8 Å². The first-order chi connectivity index (χ1) is 13.4. The van der Waals surface area contributed by atoms with Crippen molar-refractivity contribution in [2.45, 2.75) is 23.1 Å². The highest BCUT2D eigenvalue weighted by Crippen LogP contribution is 2.51. The Morgan fingerprint density at radius 1 is 1.31 bits per heavy atom. The lowest BCUT2D eigenvalue weighted by molar-refractivity contribution is -0.142. The van der Waals surface area contributed by atoms with E-state index in [1.54, 1.807) is 0 Å². The first kappa shape index (κ1) is 21.8. The fraction of sp³-hybridized carbons (Fsp3) is 0.429. The first-order valence-corrected chi connectivity index (χ1v) is 9.19. The van der Waals surface area contributed by atoms with E-state index in [4.69, 9.17) is 39.9 Å². The van der Waals surface area contributed by atoms with Crippen LogP contribution in [0.4, 0.5) is 29.9 Å². The van der Waals surface area contributed by atoms with Gasteiger partial charge in [0.15, 0.2) is 5.15 Å². The Bertz CT molecular complexity index is 956. The van der Waals surface area contributed by atoms with E-state index in [1.807, 2.05) is 0 Å². The lowest BCUT2D eigenvalue weighted by Crippen LogP contribution is -2.45. The number of anilines is 3. The Balaban J connectivity index is 1.97. The summed E-state index contributed by atoms with van der Waals surface area (Å²) in [5.41, 5.74) is -2.66. The largest absolute Gasteiger partial charge is 0.465 e. The number of carbonyl (C=O) groups is 1. The van der Waals surface area contributed by atoms with Gasteiger partial charge >= 0.3 is 12.1 Å². The van der Waals surface area contributed by atoms with Crippen LogP contribution in [0.15, 0.2) is 6.20 Å². The number of cyclic esters (lactones) is 1.